The molecule has 2 atom stereocenters. The number of aliphatic imine (C=N–C) groups is 1. The number of hydrogen-bond donors (Lipinski definition) is 4. The summed E-state index contributed by atoms with van der Waals surface area (Å²) in [6.45, 7) is 8.40. The third kappa shape index (κ3) is 6.51. The third-order valence-electron chi connectivity index (χ3n) is 6.77. The van der Waals surface area contributed by atoms with Gasteiger partial charge in [-0.3, -0.25) is 4.79 Å². The number of hydrogen-bond acceptors (Lipinski definition) is 5. The van der Waals surface area contributed by atoms with E-state index in [0.717, 1.165) is 28.5 Å². The molecule has 0 radical (unpaired) electrons. The molecule has 2 unspecified atom stereocenters. The van der Waals surface area contributed by atoms with E-state index in [1.54, 1.807) is 6.92 Å². The third-order valence-corrected chi connectivity index (χ3v) is 6.77. The summed E-state index contributed by atoms with van der Waals surface area (Å²) < 4.78 is 0. The molecule has 1 heterocycles. The van der Waals surface area contributed by atoms with Crippen LogP contribution >= 0.6 is 0 Å². The molecule has 1 aliphatic rings. The van der Waals surface area contributed by atoms with E-state index < -0.39 is 5.91 Å². The van der Waals surface area contributed by atoms with Crippen molar-refractivity contribution in [3.05, 3.63) is 34.9 Å². The van der Waals surface area contributed by atoms with Crippen LogP contribution in [-0.4, -0.2) is 47.1 Å². The number of anilines is 1. The number of amidine groups is 1. The summed E-state index contributed by atoms with van der Waals surface area (Å²) in [6, 6.07) is 6.61. The number of amides is 1. The summed E-state index contributed by atoms with van der Waals surface area (Å²) in [4.78, 5) is 21.5. The minimum absolute atomic E-state index is 0.00289. The lowest BCUT2D eigenvalue weighted by Crippen LogP contribution is -2.46. The first kappa shape index (κ1) is 25.1. The molecule has 0 bridgehead atoms. The van der Waals surface area contributed by atoms with Crippen molar-refractivity contribution < 1.29 is 9.90 Å². The van der Waals surface area contributed by atoms with E-state index >= 15 is 0 Å². The number of nitrogens with zero attached hydrogens (tertiary/aromatic N) is 2. The molecule has 1 fully saturated rings. The second-order valence-electron chi connectivity index (χ2n) is 9.41. The maximum Gasteiger partial charge on any atom is 0.282 e. The van der Waals surface area contributed by atoms with Crippen molar-refractivity contribution in [3.63, 3.8) is 0 Å². The van der Waals surface area contributed by atoms with Crippen LogP contribution in [0.2, 0.25) is 0 Å². The minimum atomic E-state index is -0.418. The van der Waals surface area contributed by atoms with Gasteiger partial charge in [-0.15, -0.1) is 0 Å². The van der Waals surface area contributed by atoms with E-state index in [4.69, 9.17) is 10.7 Å². The molecule has 0 spiro atoms. The first-order valence-corrected chi connectivity index (χ1v) is 12.2. The SMILES string of the molecule is CCC(NC1CCCCC1)C(CO)CNc1nc2cc(C)c(C)cc2cc1C(=O)N=C(C)N. The van der Waals surface area contributed by atoms with E-state index in [9.17, 15) is 9.90 Å². The lowest BCUT2D eigenvalue weighted by Gasteiger charge is -2.32. The molecule has 1 aromatic carbocycles. The predicted octanol–water partition coefficient (Wildman–Crippen LogP) is 4.09. The number of fused-ring (bicyclic) bond motifs is 1. The maximum atomic E-state index is 12.8. The molecule has 1 aliphatic carbocycles. The lowest BCUT2D eigenvalue weighted by molar-refractivity contribution is 0.100. The van der Waals surface area contributed by atoms with E-state index in [-0.39, 0.29) is 24.4 Å². The summed E-state index contributed by atoms with van der Waals surface area (Å²) in [7, 11) is 0. The Hall–Kier alpha value is -2.51. The highest BCUT2D eigenvalue weighted by Gasteiger charge is 2.24. The number of pyridine rings is 1. The van der Waals surface area contributed by atoms with E-state index in [0.29, 0.717) is 24.0 Å². The van der Waals surface area contributed by atoms with Gasteiger partial charge in [0.1, 0.15) is 11.7 Å². The number of nitrogens with two attached hydrogens (primary N) is 1. The van der Waals surface area contributed by atoms with Gasteiger partial charge in [-0.2, -0.15) is 4.99 Å². The molecular weight excluding hydrogens is 414 g/mol. The highest BCUT2D eigenvalue weighted by molar-refractivity contribution is 6.07. The zero-order valence-corrected chi connectivity index (χ0v) is 20.4. The van der Waals surface area contributed by atoms with Gasteiger partial charge >= 0.3 is 0 Å². The number of nitrogens with one attached hydrogen (secondary N) is 2. The number of aryl methyl sites for hydroxylation is 2. The molecule has 5 N–H and O–H groups in total. The number of rotatable bonds is 9. The summed E-state index contributed by atoms with van der Waals surface area (Å²) >= 11 is 0. The molecule has 1 aromatic heterocycles. The zero-order chi connectivity index (χ0) is 24.0. The highest BCUT2D eigenvalue weighted by Crippen LogP contribution is 2.25. The Bertz CT molecular complexity index is 994. The van der Waals surface area contributed by atoms with Crippen molar-refractivity contribution in [2.75, 3.05) is 18.5 Å². The second-order valence-corrected chi connectivity index (χ2v) is 9.41. The summed E-state index contributed by atoms with van der Waals surface area (Å²) in [5, 5.41) is 18.2. The molecule has 1 amide bonds. The molecule has 33 heavy (non-hydrogen) atoms. The fraction of sp³-hybridized carbons (Fsp3) is 0.577. The van der Waals surface area contributed by atoms with Gasteiger partial charge in [0.2, 0.25) is 0 Å². The van der Waals surface area contributed by atoms with Crippen molar-refractivity contribution in [3.8, 4) is 0 Å². The van der Waals surface area contributed by atoms with Gasteiger partial charge in [0.05, 0.1) is 11.1 Å². The Balaban J connectivity index is 1.86. The van der Waals surface area contributed by atoms with Crippen LogP contribution in [0.25, 0.3) is 10.9 Å². The number of aliphatic hydroxyl groups is 1. The van der Waals surface area contributed by atoms with Crippen LogP contribution in [0.15, 0.2) is 23.2 Å². The quantitative estimate of drug-likeness (QED) is 0.336. The van der Waals surface area contributed by atoms with Crippen molar-refractivity contribution in [2.24, 2.45) is 16.6 Å². The molecule has 180 valence electrons. The highest BCUT2D eigenvalue weighted by atomic mass is 16.3. The molecule has 7 heteroatoms. The molecule has 2 aromatic rings. The molecule has 1 saturated carbocycles. The Morgan fingerprint density at radius 1 is 1.21 bits per heavy atom. The average molecular weight is 454 g/mol. The number of carbonyl (C=O) groups is 1. The Labute approximate surface area is 197 Å². The number of aromatic nitrogens is 1. The van der Waals surface area contributed by atoms with Crippen LogP contribution in [0.4, 0.5) is 5.82 Å². The number of carbonyl (C=O) groups excluding carboxylic acids is 1. The van der Waals surface area contributed by atoms with Crippen LogP contribution < -0.4 is 16.4 Å². The van der Waals surface area contributed by atoms with Gasteiger partial charge in [-0.05, 0) is 69.4 Å². The van der Waals surface area contributed by atoms with Crippen molar-refractivity contribution in [1.82, 2.24) is 10.3 Å². The van der Waals surface area contributed by atoms with Crippen LogP contribution in [0.1, 0.15) is 73.9 Å². The summed E-state index contributed by atoms with van der Waals surface area (Å²) in [6.07, 6.45) is 7.17. The molecule has 0 aliphatic heterocycles. The largest absolute Gasteiger partial charge is 0.396 e. The van der Waals surface area contributed by atoms with Crippen molar-refractivity contribution in [2.45, 2.75) is 78.3 Å². The summed E-state index contributed by atoms with van der Waals surface area (Å²) in [5.41, 5.74) is 9.17. The Morgan fingerprint density at radius 2 is 1.91 bits per heavy atom. The number of benzene rings is 1. The Kier molecular flexibility index (Phi) is 8.80. The monoisotopic (exact) mass is 453 g/mol. The van der Waals surface area contributed by atoms with Gasteiger partial charge in [0.15, 0.2) is 0 Å². The normalized spacial score (nSPS) is 17.2. The van der Waals surface area contributed by atoms with Gasteiger partial charge in [0.25, 0.3) is 5.91 Å². The predicted molar refractivity (Wildman–Crippen MR) is 136 cm³/mol. The smallest absolute Gasteiger partial charge is 0.282 e. The van der Waals surface area contributed by atoms with E-state index in [1.807, 2.05) is 25.1 Å². The fourth-order valence-electron chi connectivity index (χ4n) is 4.68. The van der Waals surface area contributed by atoms with Crippen LogP contribution in [-0.2, 0) is 0 Å². The van der Waals surface area contributed by atoms with Crippen molar-refractivity contribution in [1.29, 1.82) is 0 Å². The Morgan fingerprint density at radius 3 is 2.55 bits per heavy atom. The van der Waals surface area contributed by atoms with Gasteiger partial charge in [-0.1, -0.05) is 26.2 Å². The van der Waals surface area contributed by atoms with Gasteiger partial charge in [0, 0.05) is 36.5 Å². The second kappa shape index (κ2) is 11.6. The fourth-order valence-corrected chi connectivity index (χ4v) is 4.68. The zero-order valence-electron chi connectivity index (χ0n) is 20.4. The standard InChI is InChI=1S/C26H39N5O2/c1-5-23(30-21-9-7-6-8-10-21)20(15-32)14-28-25-22(26(33)29-18(4)27)13-19-11-16(2)17(3)12-24(19)31-25/h11-13,20-21,23,30,32H,5-10,14-15H2,1-4H3,(H,28,31)(H2,27,29,33). The topological polar surface area (TPSA) is 113 Å². The first-order chi connectivity index (χ1) is 15.8. The van der Waals surface area contributed by atoms with Crippen LogP contribution in [0, 0.1) is 19.8 Å². The van der Waals surface area contributed by atoms with Crippen LogP contribution in [0.5, 0.6) is 0 Å². The minimum Gasteiger partial charge on any atom is -0.396 e. The molecular formula is C26H39N5O2. The van der Waals surface area contributed by atoms with E-state index in [2.05, 4.69) is 29.5 Å². The first-order valence-electron chi connectivity index (χ1n) is 12.2. The average Bonchev–Trinajstić information content (AvgIpc) is 2.79. The molecule has 3 rings (SSSR count). The van der Waals surface area contributed by atoms with Gasteiger partial charge in [-0.25, -0.2) is 4.98 Å². The molecule has 0 saturated heterocycles. The van der Waals surface area contributed by atoms with Gasteiger partial charge < -0.3 is 21.5 Å². The maximum absolute atomic E-state index is 12.8. The number of aliphatic hydroxyl groups excluding tert-OH is 1. The van der Waals surface area contributed by atoms with Crippen molar-refractivity contribution >= 4 is 28.5 Å². The molecule has 7 nitrogen and oxygen atoms in total. The lowest BCUT2D eigenvalue weighted by atomic mass is 9.91. The van der Waals surface area contributed by atoms with Crippen LogP contribution in [0.3, 0.4) is 0 Å². The summed E-state index contributed by atoms with van der Waals surface area (Å²) in [5.74, 6) is 0.267. The van der Waals surface area contributed by atoms with E-state index in [1.165, 1.54) is 32.1 Å².